The Hall–Kier alpha value is -1.50. The molecule has 1 aliphatic carbocycles. The second-order valence-corrected chi connectivity index (χ2v) is 6.84. The van der Waals surface area contributed by atoms with E-state index in [1.54, 1.807) is 0 Å². The maximum absolute atomic E-state index is 10.9. The van der Waals surface area contributed by atoms with Gasteiger partial charge < -0.3 is 5.11 Å². The summed E-state index contributed by atoms with van der Waals surface area (Å²) in [4.78, 5) is 15.6. The van der Waals surface area contributed by atoms with Gasteiger partial charge in [-0.3, -0.25) is 14.0 Å². The second kappa shape index (κ2) is 5.05. The van der Waals surface area contributed by atoms with E-state index in [9.17, 15) is 4.79 Å². The minimum atomic E-state index is -0.813. The minimum absolute atomic E-state index is 0.0376. The highest BCUT2D eigenvalue weighted by Crippen LogP contribution is 2.47. The van der Waals surface area contributed by atoms with Gasteiger partial charge in [0, 0.05) is 12.6 Å². The van der Waals surface area contributed by atoms with Crippen molar-refractivity contribution in [3.63, 3.8) is 0 Å². The molecule has 21 heavy (non-hydrogen) atoms. The molecule has 1 N–H and O–H groups in total. The smallest absolute Gasteiger partial charge is 0.313 e. The number of imidazole rings is 1. The third-order valence-corrected chi connectivity index (χ3v) is 4.92. The Bertz CT molecular complexity index is 699. The molecule has 114 valence electrons. The standard InChI is InChI=1S/C14H20N4O2S/c1-4-5-9-11-12(17(3)16-9)18(14(2)6-7-14)13(15-11)21-8-10(19)20/h4-8H2,1-3H3,(H,19,20). The number of fused-ring (bicyclic) bond motifs is 1. The number of hydrogen-bond acceptors (Lipinski definition) is 4. The number of carboxylic acids is 1. The van der Waals surface area contributed by atoms with Crippen LogP contribution in [0.1, 0.15) is 38.8 Å². The molecule has 6 nitrogen and oxygen atoms in total. The fourth-order valence-corrected chi connectivity index (χ4v) is 3.52. The Labute approximate surface area is 127 Å². The molecule has 0 spiro atoms. The van der Waals surface area contributed by atoms with Crippen LogP contribution in [0.2, 0.25) is 0 Å². The molecule has 3 rings (SSSR count). The van der Waals surface area contributed by atoms with E-state index in [-0.39, 0.29) is 11.3 Å². The van der Waals surface area contributed by atoms with E-state index in [1.165, 1.54) is 11.8 Å². The van der Waals surface area contributed by atoms with Crippen molar-refractivity contribution in [2.75, 3.05) is 5.75 Å². The van der Waals surface area contributed by atoms with E-state index in [1.807, 2.05) is 11.7 Å². The summed E-state index contributed by atoms with van der Waals surface area (Å²) in [5.41, 5.74) is 3.02. The quantitative estimate of drug-likeness (QED) is 0.830. The molecule has 2 heterocycles. The van der Waals surface area contributed by atoms with Crippen molar-refractivity contribution in [3.05, 3.63) is 5.69 Å². The van der Waals surface area contributed by atoms with Gasteiger partial charge in [0.25, 0.3) is 0 Å². The number of carboxylic acid groups (broad SMARTS) is 1. The summed E-state index contributed by atoms with van der Waals surface area (Å²) in [7, 11) is 1.94. The van der Waals surface area contributed by atoms with E-state index in [0.29, 0.717) is 0 Å². The second-order valence-electron chi connectivity index (χ2n) is 5.90. The molecule has 0 bridgehead atoms. The molecule has 2 aromatic rings. The normalized spacial score (nSPS) is 16.5. The van der Waals surface area contributed by atoms with Gasteiger partial charge in [-0.2, -0.15) is 5.10 Å². The fourth-order valence-electron chi connectivity index (χ4n) is 2.68. The monoisotopic (exact) mass is 308 g/mol. The molecular formula is C14H20N4O2S. The van der Waals surface area contributed by atoms with E-state index < -0.39 is 5.97 Å². The van der Waals surface area contributed by atoms with Crippen molar-refractivity contribution in [3.8, 4) is 0 Å². The lowest BCUT2D eigenvalue weighted by Crippen LogP contribution is -2.16. The Morgan fingerprint density at radius 1 is 1.48 bits per heavy atom. The van der Waals surface area contributed by atoms with Gasteiger partial charge in [-0.1, -0.05) is 25.1 Å². The highest BCUT2D eigenvalue weighted by atomic mass is 32.2. The molecule has 1 saturated carbocycles. The summed E-state index contributed by atoms with van der Waals surface area (Å²) in [6, 6.07) is 0. The maximum Gasteiger partial charge on any atom is 0.313 e. The van der Waals surface area contributed by atoms with Crippen LogP contribution in [-0.4, -0.2) is 36.2 Å². The number of aliphatic carboxylic acids is 1. The summed E-state index contributed by atoms with van der Waals surface area (Å²) in [5.74, 6) is -0.776. The van der Waals surface area contributed by atoms with Gasteiger partial charge >= 0.3 is 5.97 Å². The minimum Gasteiger partial charge on any atom is -0.481 e. The fraction of sp³-hybridized carbons (Fsp3) is 0.643. The first-order valence-corrected chi connectivity index (χ1v) is 8.24. The predicted octanol–water partition coefficient (Wildman–Crippen LogP) is 2.41. The summed E-state index contributed by atoms with van der Waals surface area (Å²) in [6.45, 7) is 4.32. The van der Waals surface area contributed by atoms with Crippen LogP contribution >= 0.6 is 11.8 Å². The molecule has 0 radical (unpaired) electrons. The van der Waals surface area contributed by atoms with Gasteiger partial charge in [0.1, 0.15) is 5.52 Å². The number of carbonyl (C=O) groups is 1. The van der Waals surface area contributed by atoms with Gasteiger partial charge in [-0.25, -0.2) is 4.98 Å². The maximum atomic E-state index is 10.9. The third kappa shape index (κ3) is 2.43. The van der Waals surface area contributed by atoms with Crippen molar-refractivity contribution < 1.29 is 9.90 Å². The molecule has 0 saturated heterocycles. The SMILES string of the molecule is CCCc1nn(C)c2c1nc(SCC(=O)O)n2C1(C)CC1. The number of nitrogens with zero attached hydrogens (tertiary/aromatic N) is 4. The summed E-state index contributed by atoms with van der Waals surface area (Å²) < 4.78 is 4.09. The van der Waals surface area contributed by atoms with Gasteiger partial charge in [0.2, 0.25) is 0 Å². The zero-order chi connectivity index (χ0) is 15.2. The van der Waals surface area contributed by atoms with Crippen LogP contribution in [0.5, 0.6) is 0 Å². The van der Waals surface area contributed by atoms with Crippen LogP contribution in [-0.2, 0) is 23.8 Å². The zero-order valence-corrected chi connectivity index (χ0v) is 13.4. The van der Waals surface area contributed by atoms with Crippen molar-refractivity contribution >= 4 is 28.9 Å². The summed E-state index contributed by atoms with van der Waals surface area (Å²) in [5, 5.41) is 14.3. The van der Waals surface area contributed by atoms with E-state index in [4.69, 9.17) is 10.1 Å². The molecule has 0 aromatic carbocycles. The van der Waals surface area contributed by atoms with E-state index in [2.05, 4.69) is 23.5 Å². The molecule has 1 aliphatic rings. The largest absolute Gasteiger partial charge is 0.481 e. The lowest BCUT2D eigenvalue weighted by atomic mass is 10.2. The lowest BCUT2D eigenvalue weighted by Gasteiger charge is -2.15. The van der Waals surface area contributed by atoms with Crippen LogP contribution in [0, 0.1) is 0 Å². The summed E-state index contributed by atoms with van der Waals surface area (Å²) >= 11 is 1.30. The number of hydrogen-bond donors (Lipinski definition) is 1. The van der Waals surface area contributed by atoms with Crippen LogP contribution < -0.4 is 0 Å². The molecular weight excluding hydrogens is 288 g/mol. The average Bonchev–Trinajstić information content (AvgIpc) is 2.93. The number of aromatic nitrogens is 4. The number of rotatable bonds is 6. The first kappa shape index (κ1) is 14.4. The van der Waals surface area contributed by atoms with E-state index >= 15 is 0 Å². The Balaban J connectivity index is 2.12. The molecule has 0 atom stereocenters. The van der Waals surface area contributed by atoms with Crippen molar-refractivity contribution in [2.45, 2.75) is 50.2 Å². The molecule has 0 amide bonds. The zero-order valence-electron chi connectivity index (χ0n) is 12.6. The number of aryl methyl sites for hydroxylation is 2. The summed E-state index contributed by atoms with van der Waals surface area (Å²) in [6.07, 6.45) is 4.13. The van der Waals surface area contributed by atoms with Gasteiger partial charge in [0.15, 0.2) is 10.8 Å². The first-order valence-electron chi connectivity index (χ1n) is 7.25. The Morgan fingerprint density at radius 3 is 2.76 bits per heavy atom. The lowest BCUT2D eigenvalue weighted by molar-refractivity contribution is -0.133. The third-order valence-electron chi connectivity index (χ3n) is 4.00. The number of thioether (sulfide) groups is 1. The molecule has 0 aliphatic heterocycles. The Morgan fingerprint density at radius 2 is 2.19 bits per heavy atom. The van der Waals surface area contributed by atoms with Crippen molar-refractivity contribution in [1.29, 1.82) is 0 Å². The predicted molar refractivity (Wildman–Crippen MR) is 81.7 cm³/mol. The first-order chi connectivity index (χ1) is 9.96. The average molecular weight is 308 g/mol. The molecule has 7 heteroatoms. The van der Waals surface area contributed by atoms with Crippen LogP contribution in [0.25, 0.3) is 11.2 Å². The van der Waals surface area contributed by atoms with Gasteiger partial charge in [-0.05, 0) is 26.2 Å². The van der Waals surface area contributed by atoms with Crippen molar-refractivity contribution in [1.82, 2.24) is 19.3 Å². The molecule has 2 aromatic heterocycles. The molecule has 1 fully saturated rings. The van der Waals surface area contributed by atoms with E-state index in [0.717, 1.165) is 47.7 Å². The Kier molecular flexibility index (Phi) is 3.47. The topological polar surface area (TPSA) is 72.9 Å². The van der Waals surface area contributed by atoms with Gasteiger partial charge in [-0.15, -0.1) is 0 Å². The van der Waals surface area contributed by atoms with Crippen LogP contribution in [0.15, 0.2) is 5.16 Å². The van der Waals surface area contributed by atoms with Gasteiger partial charge in [0.05, 0.1) is 11.4 Å². The van der Waals surface area contributed by atoms with Crippen molar-refractivity contribution in [2.24, 2.45) is 7.05 Å². The highest BCUT2D eigenvalue weighted by molar-refractivity contribution is 7.99. The van der Waals surface area contributed by atoms with Crippen LogP contribution in [0.3, 0.4) is 0 Å². The highest BCUT2D eigenvalue weighted by Gasteiger charge is 2.43. The molecule has 0 unspecified atom stereocenters. The van der Waals surface area contributed by atoms with Crippen LogP contribution in [0.4, 0.5) is 0 Å².